The van der Waals surface area contributed by atoms with Crippen LogP contribution in [0, 0.1) is 33.6 Å². The van der Waals surface area contributed by atoms with Gasteiger partial charge < -0.3 is 0 Å². The third-order valence-corrected chi connectivity index (χ3v) is 6.64. The molecular formula is C24H32O2. The first-order valence-electron chi connectivity index (χ1n) is 9.89. The van der Waals surface area contributed by atoms with Crippen LogP contribution in [-0.2, 0) is 4.89 Å². The van der Waals surface area contributed by atoms with Crippen LogP contribution in [0.15, 0.2) is 30.3 Å². The van der Waals surface area contributed by atoms with E-state index in [2.05, 4.69) is 65.0 Å². The molecule has 0 aliphatic heterocycles. The Bertz CT molecular complexity index is 753. The maximum atomic E-state index is 9.66. The van der Waals surface area contributed by atoms with E-state index in [1.807, 2.05) is 0 Å². The zero-order chi connectivity index (χ0) is 18.8. The molecular weight excluding hydrogens is 320 g/mol. The molecule has 1 unspecified atom stereocenters. The molecule has 0 heterocycles. The van der Waals surface area contributed by atoms with Crippen LogP contribution in [0.1, 0.15) is 83.6 Å². The molecule has 2 aromatic rings. The molecule has 2 aromatic carbocycles. The van der Waals surface area contributed by atoms with E-state index in [-0.39, 0.29) is 0 Å². The highest BCUT2D eigenvalue weighted by molar-refractivity contribution is 5.47. The lowest BCUT2D eigenvalue weighted by Gasteiger charge is -2.27. The van der Waals surface area contributed by atoms with Gasteiger partial charge in [0.25, 0.3) is 0 Å². The van der Waals surface area contributed by atoms with E-state index in [9.17, 15) is 5.26 Å². The fourth-order valence-corrected chi connectivity index (χ4v) is 4.35. The molecule has 1 N–H and O–H groups in total. The third kappa shape index (κ3) is 3.72. The first-order valence-corrected chi connectivity index (χ1v) is 9.89. The third-order valence-electron chi connectivity index (χ3n) is 6.64. The van der Waals surface area contributed by atoms with Gasteiger partial charge in [-0.25, -0.2) is 4.89 Å². The lowest BCUT2D eigenvalue weighted by molar-refractivity contribution is -0.270. The number of hydrogen-bond acceptors (Lipinski definition) is 2. The summed E-state index contributed by atoms with van der Waals surface area (Å²) in [6.45, 7) is 10.9. The van der Waals surface area contributed by atoms with Crippen LogP contribution >= 0.6 is 0 Å². The monoisotopic (exact) mass is 352 g/mol. The van der Waals surface area contributed by atoms with Crippen LogP contribution in [0.25, 0.3) is 0 Å². The minimum Gasteiger partial charge on any atom is -0.251 e. The molecule has 2 nitrogen and oxygen atoms in total. The minimum absolute atomic E-state index is 0.437. The van der Waals surface area contributed by atoms with E-state index in [1.165, 1.54) is 53.5 Å². The van der Waals surface area contributed by atoms with Gasteiger partial charge in [0.2, 0.25) is 0 Å². The Labute approximate surface area is 158 Å². The summed E-state index contributed by atoms with van der Waals surface area (Å²) in [6, 6.07) is 10.8. The number of aryl methyl sites for hydroxylation is 1. The van der Waals surface area contributed by atoms with Crippen molar-refractivity contribution in [1.29, 1.82) is 0 Å². The SMILES string of the molecule is Cc1cc(C(OO)c2ccc(C3CCC(C)CC3)cc2)c(C)c(C)c1C. The van der Waals surface area contributed by atoms with E-state index in [4.69, 9.17) is 4.89 Å². The minimum atomic E-state index is -0.437. The molecule has 0 saturated heterocycles. The van der Waals surface area contributed by atoms with Crippen LogP contribution < -0.4 is 0 Å². The Balaban J connectivity index is 1.87. The van der Waals surface area contributed by atoms with E-state index >= 15 is 0 Å². The quantitative estimate of drug-likeness (QED) is 0.484. The van der Waals surface area contributed by atoms with Gasteiger partial charge in [-0.05, 0) is 91.3 Å². The average molecular weight is 353 g/mol. The Morgan fingerprint density at radius 3 is 2.08 bits per heavy atom. The highest BCUT2D eigenvalue weighted by Gasteiger charge is 2.22. The van der Waals surface area contributed by atoms with E-state index < -0.39 is 6.10 Å². The Morgan fingerprint density at radius 2 is 1.50 bits per heavy atom. The first kappa shape index (κ1) is 19.1. The van der Waals surface area contributed by atoms with Gasteiger partial charge in [0.15, 0.2) is 0 Å². The number of benzene rings is 2. The molecule has 1 aliphatic carbocycles. The molecule has 1 atom stereocenters. The summed E-state index contributed by atoms with van der Waals surface area (Å²) in [7, 11) is 0. The fraction of sp³-hybridized carbons (Fsp3) is 0.500. The summed E-state index contributed by atoms with van der Waals surface area (Å²) in [5.74, 6) is 1.55. The first-order chi connectivity index (χ1) is 12.4. The molecule has 0 aromatic heterocycles. The standard InChI is InChI=1S/C24H32O2/c1-15-6-8-20(9-7-15)21-10-12-22(13-11-21)24(26-25)23-14-16(2)17(3)18(4)19(23)5/h10-15,20,24-25H,6-9H2,1-5H3. The molecule has 0 radical (unpaired) electrons. The zero-order valence-electron chi connectivity index (χ0n) is 16.8. The lowest BCUT2D eigenvalue weighted by Crippen LogP contribution is -2.11. The fourth-order valence-electron chi connectivity index (χ4n) is 4.35. The summed E-state index contributed by atoms with van der Waals surface area (Å²) in [5, 5.41) is 9.66. The van der Waals surface area contributed by atoms with Crippen LogP contribution in [0.3, 0.4) is 0 Å². The predicted octanol–water partition coefficient (Wildman–Crippen LogP) is 6.79. The van der Waals surface area contributed by atoms with Crippen molar-refractivity contribution in [3.63, 3.8) is 0 Å². The Kier molecular flexibility index (Phi) is 5.84. The number of hydrogen-bond donors (Lipinski definition) is 1. The molecule has 2 heteroatoms. The number of rotatable bonds is 4. The largest absolute Gasteiger partial charge is 0.251 e. The van der Waals surface area contributed by atoms with Crippen LogP contribution in [-0.4, -0.2) is 5.26 Å². The molecule has 1 saturated carbocycles. The molecule has 0 bridgehead atoms. The lowest BCUT2D eigenvalue weighted by atomic mass is 9.79. The van der Waals surface area contributed by atoms with E-state index in [0.29, 0.717) is 5.92 Å². The summed E-state index contributed by atoms with van der Waals surface area (Å²) >= 11 is 0. The second-order valence-electron chi connectivity index (χ2n) is 8.27. The smallest absolute Gasteiger partial charge is 0.143 e. The molecule has 1 fully saturated rings. The second kappa shape index (κ2) is 7.94. The van der Waals surface area contributed by atoms with Crippen molar-refractivity contribution in [3.8, 4) is 0 Å². The van der Waals surface area contributed by atoms with Crippen molar-refractivity contribution in [2.45, 2.75) is 72.3 Å². The van der Waals surface area contributed by atoms with Crippen LogP contribution in [0.4, 0.5) is 0 Å². The van der Waals surface area contributed by atoms with Crippen molar-refractivity contribution in [1.82, 2.24) is 0 Å². The summed E-state index contributed by atoms with van der Waals surface area (Å²) < 4.78 is 0. The van der Waals surface area contributed by atoms with Crippen LogP contribution in [0.5, 0.6) is 0 Å². The van der Waals surface area contributed by atoms with Crippen LogP contribution in [0.2, 0.25) is 0 Å². The molecule has 0 amide bonds. The maximum Gasteiger partial charge on any atom is 0.143 e. The maximum absolute atomic E-state index is 9.66. The normalized spacial score (nSPS) is 21.6. The van der Waals surface area contributed by atoms with Gasteiger partial charge in [0.1, 0.15) is 6.10 Å². The van der Waals surface area contributed by atoms with E-state index in [0.717, 1.165) is 17.0 Å². The molecule has 140 valence electrons. The molecule has 0 spiro atoms. The van der Waals surface area contributed by atoms with Gasteiger partial charge in [0, 0.05) is 0 Å². The second-order valence-corrected chi connectivity index (χ2v) is 8.27. The van der Waals surface area contributed by atoms with Gasteiger partial charge >= 0.3 is 0 Å². The van der Waals surface area contributed by atoms with Gasteiger partial charge in [-0.3, -0.25) is 5.26 Å². The molecule has 3 rings (SSSR count). The molecule has 1 aliphatic rings. The van der Waals surface area contributed by atoms with Crippen molar-refractivity contribution in [3.05, 3.63) is 69.3 Å². The highest BCUT2D eigenvalue weighted by Crippen LogP contribution is 2.37. The Morgan fingerprint density at radius 1 is 0.885 bits per heavy atom. The van der Waals surface area contributed by atoms with Crippen molar-refractivity contribution >= 4 is 0 Å². The Hall–Kier alpha value is -1.64. The van der Waals surface area contributed by atoms with Gasteiger partial charge in [0.05, 0.1) is 0 Å². The summed E-state index contributed by atoms with van der Waals surface area (Å²) in [5.41, 5.74) is 8.49. The predicted molar refractivity (Wildman–Crippen MR) is 108 cm³/mol. The molecule has 26 heavy (non-hydrogen) atoms. The summed E-state index contributed by atoms with van der Waals surface area (Å²) in [6.07, 6.45) is 4.80. The van der Waals surface area contributed by atoms with Gasteiger partial charge in [-0.2, -0.15) is 0 Å². The topological polar surface area (TPSA) is 29.5 Å². The van der Waals surface area contributed by atoms with E-state index in [1.54, 1.807) is 0 Å². The van der Waals surface area contributed by atoms with Crippen molar-refractivity contribution in [2.24, 2.45) is 5.92 Å². The van der Waals surface area contributed by atoms with Crippen molar-refractivity contribution in [2.75, 3.05) is 0 Å². The highest BCUT2D eigenvalue weighted by atomic mass is 17.1. The van der Waals surface area contributed by atoms with Gasteiger partial charge in [-0.15, -0.1) is 0 Å². The average Bonchev–Trinajstić information content (AvgIpc) is 2.66. The van der Waals surface area contributed by atoms with Gasteiger partial charge in [-0.1, -0.05) is 50.1 Å². The zero-order valence-corrected chi connectivity index (χ0v) is 16.8. The summed E-state index contributed by atoms with van der Waals surface area (Å²) in [4.78, 5) is 4.95. The van der Waals surface area contributed by atoms with Crippen molar-refractivity contribution < 1.29 is 10.1 Å².